The average Bonchev–Trinajstić information content (AvgIpc) is 2.43. The highest BCUT2D eigenvalue weighted by Gasteiger charge is 2.16. The molecule has 108 valence electrons. The summed E-state index contributed by atoms with van der Waals surface area (Å²) in [5.41, 5.74) is -0.317. The molecule has 0 spiro atoms. The molecule has 21 heavy (non-hydrogen) atoms. The lowest BCUT2D eigenvalue weighted by molar-refractivity contribution is 0.131. The zero-order chi connectivity index (χ0) is 15.2. The van der Waals surface area contributed by atoms with Crippen molar-refractivity contribution in [2.45, 2.75) is 26.4 Å². The Morgan fingerprint density at radius 3 is 1.86 bits per heavy atom. The Morgan fingerprint density at radius 2 is 1.29 bits per heavy atom. The number of ether oxygens (including phenoxy) is 1. The van der Waals surface area contributed by atoms with Crippen molar-refractivity contribution in [3.63, 3.8) is 0 Å². The van der Waals surface area contributed by atoms with Gasteiger partial charge in [-0.3, -0.25) is 0 Å². The summed E-state index contributed by atoms with van der Waals surface area (Å²) >= 11 is 0. The van der Waals surface area contributed by atoms with Crippen LogP contribution in [0, 0.1) is 0 Å². The molecule has 3 aromatic carbocycles. The van der Waals surface area contributed by atoms with E-state index in [9.17, 15) is 10.2 Å². The highest BCUT2D eigenvalue weighted by molar-refractivity contribution is 6.10. The van der Waals surface area contributed by atoms with E-state index in [0.717, 1.165) is 0 Å². The van der Waals surface area contributed by atoms with Gasteiger partial charge in [0.05, 0.1) is 0 Å². The van der Waals surface area contributed by atoms with E-state index in [0.29, 0.717) is 27.3 Å². The lowest BCUT2D eigenvalue weighted by Crippen LogP contribution is -2.22. The van der Waals surface area contributed by atoms with Gasteiger partial charge >= 0.3 is 0 Å². The fourth-order valence-corrected chi connectivity index (χ4v) is 2.53. The SMILES string of the molecule is CC(C)(C)Oc1ccc2c(O)c3ccccc3c(O)c2c1. The predicted octanol–water partition coefficient (Wildman–Crippen LogP) is 4.58. The van der Waals surface area contributed by atoms with E-state index in [1.807, 2.05) is 39.0 Å². The summed E-state index contributed by atoms with van der Waals surface area (Å²) in [6.45, 7) is 5.90. The second-order valence-electron chi connectivity index (χ2n) is 6.16. The van der Waals surface area contributed by atoms with Gasteiger partial charge in [0.1, 0.15) is 22.8 Å². The molecule has 0 radical (unpaired) electrons. The van der Waals surface area contributed by atoms with Gasteiger partial charge < -0.3 is 14.9 Å². The smallest absolute Gasteiger partial charge is 0.131 e. The minimum Gasteiger partial charge on any atom is -0.507 e. The van der Waals surface area contributed by atoms with Crippen LogP contribution in [0.5, 0.6) is 17.2 Å². The van der Waals surface area contributed by atoms with Crippen molar-refractivity contribution in [1.82, 2.24) is 0 Å². The van der Waals surface area contributed by atoms with Crippen molar-refractivity contribution < 1.29 is 14.9 Å². The third-order valence-electron chi connectivity index (χ3n) is 3.36. The molecule has 0 aromatic heterocycles. The number of phenols is 2. The van der Waals surface area contributed by atoms with Crippen LogP contribution < -0.4 is 4.74 Å². The molecule has 3 rings (SSSR count). The van der Waals surface area contributed by atoms with Crippen LogP contribution in [0.25, 0.3) is 21.5 Å². The third kappa shape index (κ3) is 2.35. The number of phenolic OH excluding ortho intramolecular Hbond substituents is 2. The summed E-state index contributed by atoms with van der Waals surface area (Å²) in [6, 6.07) is 12.6. The fraction of sp³-hybridized carbons (Fsp3) is 0.222. The summed E-state index contributed by atoms with van der Waals surface area (Å²) in [5, 5.41) is 23.4. The van der Waals surface area contributed by atoms with Crippen LogP contribution in [0.1, 0.15) is 20.8 Å². The van der Waals surface area contributed by atoms with Crippen LogP contribution in [-0.4, -0.2) is 15.8 Å². The van der Waals surface area contributed by atoms with E-state index in [2.05, 4.69) is 0 Å². The molecule has 0 saturated heterocycles. The Bertz CT molecular complexity index is 829. The molecule has 3 nitrogen and oxygen atoms in total. The molecule has 0 aliphatic heterocycles. The number of fused-ring (bicyclic) bond motifs is 2. The van der Waals surface area contributed by atoms with Gasteiger partial charge in [0, 0.05) is 21.5 Å². The maximum atomic E-state index is 10.5. The fourth-order valence-electron chi connectivity index (χ4n) is 2.53. The highest BCUT2D eigenvalue weighted by atomic mass is 16.5. The summed E-state index contributed by atoms with van der Waals surface area (Å²) < 4.78 is 5.82. The van der Waals surface area contributed by atoms with Gasteiger partial charge in [0.15, 0.2) is 0 Å². The predicted molar refractivity (Wildman–Crippen MR) is 85.2 cm³/mol. The lowest BCUT2D eigenvalue weighted by Gasteiger charge is -2.21. The maximum Gasteiger partial charge on any atom is 0.131 e. The van der Waals surface area contributed by atoms with Gasteiger partial charge in [-0.15, -0.1) is 0 Å². The first-order chi connectivity index (χ1) is 9.87. The van der Waals surface area contributed by atoms with Gasteiger partial charge in [0.2, 0.25) is 0 Å². The largest absolute Gasteiger partial charge is 0.507 e. The van der Waals surface area contributed by atoms with Gasteiger partial charge in [0.25, 0.3) is 0 Å². The van der Waals surface area contributed by atoms with Crippen LogP contribution in [0.3, 0.4) is 0 Å². The van der Waals surface area contributed by atoms with E-state index < -0.39 is 0 Å². The third-order valence-corrected chi connectivity index (χ3v) is 3.36. The zero-order valence-electron chi connectivity index (χ0n) is 12.3. The van der Waals surface area contributed by atoms with E-state index in [4.69, 9.17) is 4.74 Å². The van der Waals surface area contributed by atoms with Crippen molar-refractivity contribution >= 4 is 21.5 Å². The number of benzene rings is 3. The van der Waals surface area contributed by atoms with Gasteiger partial charge in [-0.2, -0.15) is 0 Å². The summed E-state index contributed by atoms with van der Waals surface area (Å²) in [5.74, 6) is 1.01. The molecule has 0 aliphatic carbocycles. The second kappa shape index (κ2) is 4.55. The first-order valence-electron chi connectivity index (χ1n) is 6.92. The molecular formula is C18H18O3. The molecule has 0 saturated carbocycles. The molecule has 0 unspecified atom stereocenters. The number of rotatable bonds is 1. The van der Waals surface area contributed by atoms with E-state index in [1.54, 1.807) is 24.3 Å². The quantitative estimate of drug-likeness (QED) is 0.507. The van der Waals surface area contributed by atoms with Crippen LogP contribution in [0.4, 0.5) is 0 Å². The molecule has 0 amide bonds. The van der Waals surface area contributed by atoms with Crippen molar-refractivity contribution in [1.29, 1.82) is 0 Å². The second-order valence-corrected chi connectivity index (χ2v) is 6.16. The number of aromatic hydroxyl groups is 2. The summed E-state index contributed by atoms with van der Waals surface area (Å²) in [6.07, 6.45) is 0. The Balaban J connectivity index is 2.30. The minimum atomic E-state index is -0.317. The van der Waals surface area contributed by atoms with Gasteiger partial charge in [-0.25, -0.2) is 0 Å². The Kier molecular flexibility index (Phi) is 2.94. The van der Waals surface area contributed by atoms with Crippen molar-refractivity contribution in [2.24, 2.45) is 0 Å². The minimum absolute atomic E-state index is 0.165. The van der Waals surface area contributed by atoms with E-state index >= 15 is 0 Å². The van der Waals surface area contributed by atoms with Crippen molar-refractivity contribution in [3.05, 3.63) is 42.5 Å². The van der Waals surface area contributed by atoms with Crippen molar-refractivity contribution in [3.8, 4) is 17.2 Å². The van der Waals surface area contributed by atoms with Crippen LogP contribution >= 0.6 is 0 Å². The van der Waals surface area contributed by atoms with Crippen LogP contribution in [0.15, 0.2) is 42.5 Å². The molecule has 0 atom stereocenters. The van der Waals surface area contributed by atoms with Gasteiger partial charge in [-0.05, 0) is 39.0 Å². The molecule has 2 N–H and O–H groups in total. The highest BCUT2D eigenvalue weighted by Crippen LogP contribution is 2.42. The van der Waals surface area contributed by atoms with E-state index in [-0.39, 0.29) is 17.1 Å². The Labute approximate surface area is 123 Å². The first kappa shape index (κ1) is 13.6. The van der Waals surface area contributed by atoms with Crippen LogP contribution in [0.2, 0.25) is 0 Å². The van der Waals surface area contributed by atoms with Crippen molar-refractivity contribution in [2.75, 3.05) is 0 Å². The normalized spacial score (nSPS) is 12.0. The first-order valence-corrected chi connectivity index (χ1v) is 6.92. The average molecular weight is 282 g/mol. The molecule has 3 heteroatoms. The summed E-state index contributed by atoms with van der Waals surface area (Å²) in [4.78, 5) is 0. The molecule has 3 aromatic rings. The Morgan fingerprint density at radius 1 is 0.762 bits per heavy atom. The topological polar surface area (TPSA) is 49.7 Å². The standard InChI is InChI=1S/C18H18O3/c1-18(2,3)21-11-8-9-14-15(10-11)17(20)13-7-5-4-6-12(13)16(14)19/h4-10,19-20H,1-3H3. The Hall–Kier alpha value is -2.42. The zero-order valence-corrected chi connectivity index (χ0v) is 12.3. The molecule has 0 heterocycles. The van der Waals surface area contributed by atoms with Crippen LogP contribution in [-0.2, 0) is 0 Å². The molecule has 0 aliphatic rings. The maximum absolute atomic E-state index is 10.5. The number of hydrogen-bond acceptors (Lipinski definition) is 3. The number of hydrogen-bond donors (Lipinski definition) is 2. The lowest BCUT2D eigenvalue weighted by atomic mass is 10.0. The van der Waals surface area contributed by atoms with E-state index in [1.165, 1.54) is 0 Å². The monoisotopic (exact) mass is 282 g/mol. The molecular weight excluding hydrogens is 264 g/mol. The van der Waals surface area contributed by atoms with Gasteiger partial charge in [-0.1, -0.05) is 24.3 Å². The molecule has 0 bridgehead atoms. The summed E-state index contributed by atoms with van der Waals surface area (Å²) in [7, 11) is 0. The molecule has 0 fully saturated rings.